The van der Waals surface area contributed by atoms with E-state index in [0.29, 0.717) is 22.6 Å². The number of halogens is 2. The second kappa shape index (κ2) is 10.4. The molecule has 8 heteroatoms. The second-order valence-electron chi connectivity index (χ2n) is 8.00. The Bertz CT molecular complexity index is 940. The van der Waals surface area contributed by atoms with E-state index in [1.165, 1.54) is 12.1 Å². The summed E-state index contributed by atoms with van der Waals surface area (Å²) in [4.78, 5) is 27.0. The van der Waals surface area contributed by atoms with Gasteiger partial charge in [0.05, 0.1) is 0 Å². The number of likely N-dealkylation sites (tertiary alicyclic amines) is 1. The summed E-state index contributed by atoms with van der Waals surface area (Å²) in [5, 5.41) is 2.70. The number of hydrogen-bond acceptors (Lipinski definition) is 4. The SMILES string of the molecule is Cc1c(NC(=O)c2ccc(OCC(=O)N3C(C)CCCC3C)cc2)cccc1OC(F)F. The van der Waals surface area contributed by atoms with E-state index < -0.39 is 12.5 Å². The molecule has 1 fully saturated rings. The first-order valence-corrected chi connectivity index (χ1v) is 10.7. The number of hydrogen-bond donors (Lipinski definition) is 1. The Hall–Kier alpha value is -3.16. The fourth-order valence-corrected chi connectivity index (χ4v) is 4.00. The van der Waals surface area contributed by atoms with Gasteiger partial charge in [0.25, 0.3) is 11.8 Å². The lowest BCUT2D eigenvalue weighted by atomic mass is 9.97. The number of rotatable bonds is 7. The lowest BCUT2D eigenvalue weighted by Gasteiger charge is -2.38. The largest absolute Gasteiger partial charge is 0.484 e. The molecule has 0 bridgehead atoms. The van der Waals surface area contributed by atoms with Crippen LogP contribution >= 0.6 is 0 Å². The van der Waals surface area contributed by atoms with Gasteiger partial charge in [-0.25, -0.2) is 0 Å². The van der Waals surface area contributed by atoms with E-state index in [9.17, 15) is 18.4 Å². The summed E-state index contributed by atoms with van der Waals surface area (Å²) < 4.78 is 35.1. The molecular weight excluding hydrogens is 418 g/mol. The standard InChI is InChI=1S/C24H28F2N2O4/c1-15-6-4-7-16(2)28(15)22(29)14-31-19-12-10-18(11-13-19)23(30)27-20-8-5-9-21(17(20)3)32-24(25)26/h5,8-13,15-16,24H,4,6-7,14H2,1-3H3,(H,27,30). The third-order valence-corrected chi connectivity index (χ3v) is 5.71. The average molecular weight is 446 g/mol. The van der Waals surface area contributed by atoms with E-state index in [4.69, 9.17) is 4.74 Å². The summed E-state index contributed by atoms with van der Waals surface area (Å²) in [7, 11) is 0. The van der Waals surface area contributed by atoms with Gasteiger partial charge in [0, 0.05) is 28.9 Å². The molecule has 0 aromatic heterocycles. The Morgan fingerprint density at radius 1 is 1.09 bits per heavy atom. The molecule has 2 amide bonds. The van der Waals surface area contributed by atoms with Gasteiger partial charge in [-0.1, -0.05) is 6.07 Å². The van der Waals surface area contributed by atoms with Crippen LogP contribution in [-0.2, 0) is 4.79 Å². The summed E-state index contributed by atoms with van der Waals surface area (Å²) in [5.41, 5.74) is 1.14. The van der Waals surface area contributed by atoms with Gasteiger partial charge in [0.15, 0.2) is 6.61 Å². The molecule has 0 spiro atoms. The summed E-state index contributed by atoms with van der Waals surface area (Å²) in [6.45, 7) is 2.69. The fourth-order valence-electron chi connectivity index (χ4n) is 4.00. The maximum atomic E-state index is 12.6. The second-order valence-corrected chi connectivity index (χ2v) is 8.00. The van der Waals surface area contributed by atoms with Gasteiger partial charge in [-0.05, 0) is 76.4 Å². The normalized spacial score (nSPS) is 18.4. The molecule has 1 N–H and O–H groups in total. The molecule has 32 heavy (non-hydrogen) atoms. The van der Waals surface area contributed by atoms with Crippen molar-refractivity contribution in [3.05, 3.63) is 53.6 Å². The van der Waals surface area contributed by atoms with Crippen molar-refractivity contribution < 1.29 is 27.8 Å². The monoisotopic (exact) mass is 446 g/mol. The van der Waals surface area contributed by atoms with Crippen LogP contribution in [0.2, 0.25) is 0 Å². The molecule has 6 nitrogen and oxygen atoms in total. The van der Waals surface area contributed by atoms with Crippen LogP contribution in [0.4, 0.5) is 14.5 Å². The number of piperidine rings is 1. The molecule has 1 saturated heterocycles. The van der Waals surface area contributed by atoms with E-state index in [1.54, 1.807) is 37.3 Å². The van der Waals surface area contributed by atoms with Crippen LogP contribution in [0.5, 0.6) is 11.5 Å². The Labute approximate surface area is 186 Å². The summed E-state index contributed by atoms with van der Waals surface area (Å²) in [6, 6.07) is 11.4. The number of nitrogens with one attached hydrogen (secondary N) is 1. The zero-order valence-corrected chi connectivity index (χ0v) is 18.4. The first kappa shape index (κ1) is 23.5. The summed E-state index contributed by atoms with van der Waals surface area (Å²) in [5.74, 6) is 0.0352. The maximum absolute atomic E-state index is 12.6. The first-order chi connectivity index (χ1) is 15.3. The molecular formula is C24H28F2N2O4. The van der Waals surface area contributed by atoms with E-state index in [1.807, 2.05) is 4.90 Å². The molecule has 0 saturated carbocycles. The minimum Gasteiger partial charge on any atom is -0.484 e. The Morgan fingerprint density at radius 2 is 1.75 bits per heavy atom. The number of nitrogens with zero attached hydrogens (tertiary/aromatic N) is 1. The molecule has 0 aliphatic carbocycles. The highest BCUT2D eigenvalue weighted by Gasteiger charge is 2.29. The number of amides is 2. The van der Waals surface area contributed by atoms with Crippen molar-refractivity contribution in [1.82, 2.24) is 4.90 Å². The van der Waals surface area contributed by atoms with Crippen LogP contribution in [0.1, 0.15) is 49.0 Å². The fraction of sp³-hybridized carbons (Fsp3) is 0.417. The van der Waals surface area contributed by atoms with Gasteiger partial charge in [-0.3, -0.25) is 9.59 Å². The molecule has 0 radical (unpaired) electrons. The van der Waals surface area contributed by atoms with Crippen LogP contribution < -0.4 is 14.8 Å². The quantitative estimate of drug-likeness (QED) is 0.649. The molecule has 2 aromatic carbocycles. The predicted molar refractivity (Wildman–Crippen MR) is 117 cm³/mol. The summed E-state index contributed by atoms with van der Waals surface area (Å²) >= 11 is 0. The minimum absolute atomic E-state index is 0.00329. The van der Waals surface area contributed by atoms with Gasteiger partial charge in [0.1, 0.15) is 11.5 Å². The van der Waals surface area contributed by atoms with Gasteiger partial charge < -0.3 is 19.7 Å². The van der Waals surface area contributed by atoms with E-state index in [0.717, 1.165) is 19.3 Å². The molecule has 1 aliphatic rings. The average Bonchev–Trinajstić information content (AvgIpc) is 2.75. The van der Waals surface area contributed by atoms with Crippen LogP contribution in [0.15, 0.2) is 42.5 Å². The highest BCUT2D eigenvalue weighted by Crippen LogP contribution is 2.27. The summed E-state index contributed by atoms with van der Waals surface area (Å²) in [6.07, 6.45) is 3.12. The highest BCUT2D eigenvalue weighted by molar-refractivity contribution is 6.04. The van der Waals surface area contributed by atoms with Crippen LogP contribution in [0.25, 0.3) is 0 Å². The third-order valence-electron chi connectivity index (χ3n) is 5.71. The van der Waals surface area contributed by atoms with Crippen molar-refractivity contribution in [2.45, 2.75) is 58.7 Å². The predicted octanol–water partition coefficient (Wildman–Crippen LogP) is 5.02. The molecule has 1 heterocycles. The Balaban J connectivity index is 1.58. The topological polar surface area (TPSA) is 67.9 Å². The molecule has 2 unspecified atom stereocenters. The van der Waals surface area contributed by atoms with E-state index >= 15 is 0 Å². The van der Waals surface area contributed by atoms with Crippen LogP contribution in [0.3, 0.4) is 0 Å². The van der Waals surface area contributed by atoms with Crippen molar-refractivity contribution in [3.8, 4) is 11.5 Å². The Morgan fingerprint density at radius 3 is 2.38 bits per heavy atom. The van der Waals surface area contributed by atoms with Crippen LogP contribution in [-0.4, -0.2) is 42.0 Å². The third kappa shape index (κ3) is 5.75. The zero-order chi connectivity index (χ0) is 23.3. The number of benzene rings is 2. The van der Waals surface area contributed by atoms with Gasteiger partial charge in [0.2, 0.25) is 0 Å². The van der Waals surface area contributed by atoms with Gasteiger partial charge >= 0.3 is 6.61 Å². The lowest BCUT2D eigenvalue weighted by Crippen LogP contribution is -2.49. The molecule has 1 aliphatic heterocycles. The molecule has 2 aromatic rings. The van der Waals surface area contributed by atoms with Crippen molar-refractivity contribution in [2.75, 3.05) is 11.9 Å². The molecule has 2 atom stereocenters. The van der Waals surface area contributed by atoms with Gasteiger partial charge in [-0.2, -0.15) is 8.78 Å². The molecule has 3 rings (SSSR count). The van der Waals surface area contributed by atoms with E-state index in [-0.39, 0.29) is 30.3 Å². The number of alkyl halides is 2. The Kier molecular flexibility index (Phi) is 7.66. The maximum Gasteiger partial charge on any atom is 0.387 e. The molecule has 172 valence electrons. The lowest BCUT2D eigenvalue weighted by molar-refractivity contribution is -0.139. The first-order valence-electron chi connectivity index (χ1n) is 10.7. The minimum atomic E-state index is -2.94. The number of carbonyl (C=O) groups excluding carboxylic acids is 2. The van der Waals surface area contributed by atoms with Crippen LogP contribution in [0, 0.1) is 6.92 Å². The smallest absolute Gasteiger partial charge is 0.387 e. The van der Waals surface area contributed by atoms with Crippen molar-refractivity contribution in [3.63, 3.8) is 0 Å². The number of anilines is 1. The number of carbonyl (C=O) groups is 2. The van der Waals surface area contributed by atoms with Crippen molar-refractivity contribution >= 4 is 17.5 Å². The van der Waals surface area contributed by atoms with Crippen molar-refractivity contribution in [2.24, 2.45) is 0 Å². The van der Waals surface area contributed by atoms with E-state index in [2.05, 4.69) is 23.9 Å². The highest BCUT2D eigenvalue weighted by atomic mass is 19.3. The number of ether oxygens (including phenoxy) is 2. The van der Waals surface area contributed by atoms with Gasteiger partial charge in [-0.15, -0.1) is 0 Å². The zero-order valence-electron chi connectivity index (χ0n) is 18.4. The van der Waals surface area contributed by atoms with Crippen molar-refractivity contribution in [1.29, 1.82) is 0 Å².